The van der Waals surface area contributed by atoms with Crippen molar-refractivity contribution in [2.24, 2.45) is 0 Å². The van der Waals surface area contributed by atoms with Crippen LogP contribution in [0.2, 0.25) is 0 Å². The molecule has 0 radical (unpaired) electrons. The number of nitrogens with zero attached hydrogens (tertiary/aromatic N) is 2. The van der Waals surface area contributed by atoms with Crippen LogP contribution in [0.5, 0.6) is 0 Å². The van der Waals surface area contributed by atoms with Crippen LogP contribution in [-0.2, 0) is 4.79 Å². The molecule has 1 fully saturated rings. The van der Waals surface area contributed by atoms with Gasteiger partial charge in [-0.15, -0.1) is 6.58 Å². The van der Waals surface area contributed by atoms with E-state index in [1.54, 1.807) is 5.57 Å². The highest BCUT2D eigenvalue weighted by molar-refractivity contribution is 5.94. The highest BCUT2D eigenvalue weighted by atomic mass is 16.2. The summed E-state index contributed by atoms with van der Waals surface area (Å²) < 4.78 is 0. The first kappa shape index (κ1) is 20.7. The summed E-state index contributed by atoms with van der Waals surface area (Å²) in [7, 11) is 0. The lowest BCUT2D eigenvalue weighted by Crippen LogP contribution is -2.38. The molecule has 0 N–H and O–H groups in total. The van der Waals surface area contributed by atoms with E-state index in [4.69, 9.17) is 0 Å². The van der Waals surface area contributed by atoms with Crippen LogP contribution in [0, 0.1) is 0 Å². The Morgan fingerprint density at radius 3 is 2.42 bits per heavy atom. The Morgan fingerprint density at radius 2 is 1.92 bits per heavy atom. The van der Waals surface area contributed by atoms with Crippen LogP contribution in [0.4, 0.5) is 0 Å². The third-order valence-corrected chi connectivity index (χ3v) is 5.61. The van der Waals surface area contributed by atoms with Crippen molar-refractivity contribution in [1.29, 1.82) is 0 Å². The summed E-state index contributed by atoms with van der Waals surface area (Å²) in [6, 6.07) is 0.520. The van der Waals surface area contributed by atoms with Crippen LogP contribution in [0.15, 0.2) is 47.6 Å². The first-order chi connectivity index (χ1) is 12.6. The normalized spacial score (nSPS) is 19.4. The van der Waals surface area contributed by atoms with Gasteiger partial charge in [0.05, 0.1) is 0 Å². The number of allylic oxidation sites excluding steroid dienone is 4. The Balaban J connectivity index is 1.94. The zero-order valence-corrected chi connectivity index (χ0v) is 17.0. The molecule has 1 aliphatic carbocycles. The SMILES string of the molecule is C=CC(CC)N1CCC(=CC2=CC=C(C(=O)N(CC)CCC)CC2)CC1. The van der Waals surface area contributed by atoms with Crippen molar-refractivity contribution in [3.05, 3.63) is 47.6 Å². The van der Waals surface area contributed by atoms with E-state index in [2.05, 4.69) is 56.6 Å². The number of hydrogen-bond donors (Lipinski definition) is 0. The fourth-order valence-corrected chi connectivity index (χ4v) is 3.95. The van der Waals surface area contributed by atoms with Gasteiger partial charge in [-0.3, -0.25) is 9.69 Å². The van der Waals surface area contributed by atoms with Crippen LogP contribution < -0.4 is 0 Å². The molecule has 1 amide bonds. The van der Waals surface area contributed by atoms with Gasteiger partial charge in [0, 0.05) is 37.8 Å². The molecule has 1 saturated heterocycles. The van der Waals surface area contributed by atoms with Crippen molar-refractivity contribution in [3.8, 4) is 0 Å². The molecule has 0 spiro atoms. The summed E-state index contributed by atoms with van der Waals surface area (Å²) in [5, 5.41) is 0. The predicted molar refractivity (Wildman–Crippen MR) is 111 cm³/mol. The summed E-state index contributed by atoms with van der Waals surface area (Å²) in [5.41, 5.74) is 3.89. The quantitative estimate of drug-likeness (QED) is 0.579. The Hall–Kier alpha value is -1.61. The highest BCUT2D eigenvalue weighted by Gasteiger charge is 2.20. The van der Waals surface area contributed by atoms with Crippen molar-refractivity contribution in [1.82, 2.24) is 9.80 Å². The number of likely N-dealkylation sites (N-methyl/N-ethyl adjacent to an activating group) is 1. The van der Waals surface area contributed by atoms with E-state index in [1.165, 1.54) is 5.57 Å². The fraction of sp³-hybridized carbons (Fsp3) is 0.609. The number of carbonyl (C=O) groups is 1. The second-order valence-electron chi connectivity index (χ2n) is 7.37. The number of piperidine rings is 1. The first-order valence-electron chi connectivity index (χ1n) is 10.4. The first-order valence-corrected chi connectivity index (χ1v) is 10.4. The Labute approximate surface area is 160 Å². The van der Waals surface area contributed by atoms with Gasteiger partial charge in [0.1, 0.15) is 0 Å². The monoisotopic (exact) mass is 356 g/mol. The van der Waals surface area contributed by atoms with E-state index in [9.17, 15) is 4.79 Å². The third-order valence-electron chi connectivity index (χ3n) is 5.61. The molecule has 1 heterocycles. The lowest BCUT2D eigenvalue weighted by molar-refractivity contribution is -0.127. The standard InChI is InChI=1S/C23H36N2O/c1-5-15-24(8-4)23(26)21-11-9-19(10-12-21)18-20-13-16-25(17-14-20)22(6-2)7-3/h6,9,11,18,22H,2,5,7-8,10,12-17H2,1,3-4H3. The minimum Gasteiger partial charge on any atom is -0.339 e. The van der Waals surface area contributed by atoms with Gasteiger partial charge in [-0.1, -0.05) is 43.7 Å². The van der Waals surface area contributed by atoms with Gasteiger partial charge in [-0.25, -0.2) is 0 Å². The Bertz CT molecular complexity index is 575. The van der Waals surface area contributed by atoms with E-state index in [1.807, 2.05) is 4.90 Å². The van der Waals surface area contributed by atoms with Gasteiger partial charge in [0.15, 0.2) is 0 Å². The second kappa shape index (κ2) is 10.5. The average Bonchev–Trinajstić information content (AvgIpc) is 2.68. The van der Waals surface area contributed by atoms with Gasteiger partial charge < -0.3 is 4.90 Å². The molecule has 3 nitrogen and oxygen atoms in total. The van der Waals surface area contributed by atoms with Gasteiger partial charge in [0.25, 0.3) is 0 Å². The maximum Gasteiger partial charge on any atom is 0.249 e. The lowest BCUT2D eigenvalue weighted by atomic mass is 9.93. The smallest absolute Gasteiger partial charge is 0.249 e. The van der Waals surface area contributed by atoms with Crippen LogP contribution in [0.25, 0.3) is 0 Å². The molecule has 0 saturated carbocycles. The molecular formula is C23H36N2O. The molecule has 0 bridgehead atoms. The molecule has 1 unspecified atom stereocenters. The van der Waals surface area contributed by atoms with Gasteiger partial charge in [0.2, 0.25) is 5.91 Å². The summed E-state index contributed by atoms with van der Waals surface area (Å²) in [5.74, 6) is 0.223. The molecule has 144 valence electrons. The molecule has 0 aromatic heterocycles. The summed E-state index contributed by atoms with van der Waals surface area (Å²) in [6.07, 6.45) is 15.0. The molecule has 2 rings (SSSR count). The maximum absolute atomic E-state index is 12.6. The van der Waals surface area contributed by atoms with Crippen molar-refractivity contribution in [3.63, 3.8) is 0 Å². The zero-order valence-electron chi connectivity index (χ0n) is 17.0. The largest absolute Gasteiger partial charge is 0.339 e. The minimum absolute atomic E-state index is 0.223. The number of hydrogen-bond acceptors (Lipinski definition) is 2. The maximum atomic E-state index is 12.6. The lowest BCUT2D eigenvalue weighted by Gasteiger charge is -2.33. The van der Waals surface area contributed by atoms with E-state index < -0.39 is 0 Å². The van der Waals surface area contributed by atoms with E-state index in [0.717, 1.165) is 70.3 Å². The van der Waals surface area contributed by atoms with Crippen LogP contribution >= 0.6 is 0 Å². The van der Waals surface area contributed by atoms with Gasteiger partial charge >= 0.3 is 0 Å². The third kappa shape index (κ3) is 5.44. The molecule has 0 aromatic rings. The minimum atomic E-state index is 0.223. The molecule has 1 aliphatic heterocycles. The van der Waals surface area contributed by atoms with Crippen LogP contribution in [0.1, 0.15) is 59.3 Å². The Kier molecular flexibility index (Phi) is 8.37. The molecule has 2 aliphatic rings. The summed E-state index contributed by atoms with van der Waals surface area (Å²) in [6.45, 7) is 14.3. The molecule has 0 aromatic carbocycles. The zero-order chi connectivity index (χ0) is 18.9. The number of rotatable bonds is 8. The van der Waals surface area contributed by atoms with Crippen molar-refractivity contribution in [2.45, 2.75) is 65.3 Å². The van der Waals surface area contributed by atoms with Gasteiger partial charge in [-0.2, -0.15) is 0 Å². The van der Waals surface area contributed by atoms with Crippen molar-refractivity contribution in [2.75, 3.05) is 26.2 Å². The number of likely N-dealkylation sites (tertiary alicyclic amines) is 1. The van der Waals surface area contributed by atoms with E-state index in [0.29, 0.717) is 6.04 Å². The van der Waals surface area contributed by atoms with E-state index in [-0.39, 0.29) is 5.91 Å². The second-order valence-corrected chi connectivity index (χ2v) is 7.37. The number of carbonyl (C=O) groups excluding carboxylic acids is 1. The Morgan fingerprint density at radius 1 is 1.19 bits per heavy atom. The van der Waals surface area contributed by atoms with Gasteiger partial charge in [-0.05, 0) is 51.0 Å². The number of amides is 1. The molecule has 1 atom stereocenters. The molecule has 26 heavy (non-hydrogen) atoms. The van der Waals surface area contributed by atoms with Crippen molar-refractivity contribution >= 4 is 5.91 Å². The summed E-state index contributed by atoms with van der Waals surface area (Å²) in [4.78, 5) is 17.1. The topological polar surface area (TPSA) is 23.6 Å². The fourth-order valence-electron chi connectivity index (χ4n) is 3.95. The highest BCUT2D eigenvalue weighted by Crippen LogP contribution is 2.26. The van der Waals surface area contributed by atoms with Crippen LogP contribution in [-0.4, -0.2) is 47.9 Å². The average molecular weight is 357 g/mol. The molecule has 3 heteroatoms. The summed E-state index contributed by atoms with van der Waals surface area (Å²) >= 11 is 0. The van der Waals surface area contributed by atoms with Crippen LogP contribution in [0.3, 0.4) is 0 Å². The predicted octanol–water partition coefficient (Wildman–Crippen LogP) is 4.88. The van der Waals surface area contributed by atoms with E-state index >= 15 is 0 Å². The molecular weight excluding hydrogens is 320 g/mol. The van der Waals surface area contributed by atoms with Crippen molar-refractivity contribution < 1.29 is 4.79 Å².